The highest BCUT2D eigenvalue weighted by Crippen LogP contribution is 2.09. The number of hydrogen-bond donors (Lipinski definition) is 1. The van der Waals surface area contributed by atoms with E-state index in [4.69, 9.17) is 5.26 Å². The third-order valence-electron chi connectivity index (χ3n) is 2.16. The summed E-state index contributed by atoms with van der Waals surface area (Å²) in [5, 5.41) is 12.0. The second-order valence-electron chi connectivity index (χ2n) is 3.83. The van der Waals surface area contributed by atoms with E-state index < -0.39 is 0 Å². The van der Waals surface area contributed by atoms with Crippen LogP contribution in [-0.2, 0) is 6.54 Å². The normalized spacial score (nSPS) is 9.62. The van der Waals surface area contributed by atoms with Crippen LogP contribution in [0.5, 0.6) is 0 Å². The molecule has 3 heteroatoms. The van der Waals surface area contributed by atoms with E-state index in [1.54, 1.807) is 0 Å². The van der Waals surface area contributed by atoms with Gasteiger partial charge in [-0.25, -0.2) is 4.39 Å². The van der Waals surface area contributed by atoms with Crippen molar-refractivity contribution in [2.75, 3.05) is 6.54 Å². The fourth-order valence-electron chi connectivity index (χ4n) is 1.30. The van der Waals surface area contributed by atoms with E-state index in [2.05, 4.69) is 11.4 Å². The maximum absolute atomic E-state index is 13.0. The van der Waals surface area contributed by atoms with Crippen LogP contribution >= 0.6 is 0 Å². The van der Waals surface area contributed by atoms with E-state index in [0.29, 0.717) is 17.7 Å². The predicted octanol–water partition coefficient (Wildman–Crippen LogP) is 2.75. The molecule has 0 spiro atoms. The maximum atomic E-state index is 13.0. The second-order valence-corrected chi connectivity index (χ2v) is 3.83. The molecule has 1 N–H and O–H groups in total. The Morgan fingerprint density at radius 2 is 2.25 bits per heavy atom. The lowest BCUT2D eigenvalue weighted by Gasteiger charge is -2.05. The Labute approximate surface area is 95.4 Å². The number of halogens is 1. The average Bonchev–Trinajstić information content (AvgIpc) is 2.24. The van der Waals surface area contributed by atoms with E-state index in [1.807, 2.05) is 19.9 Å². The first kappa shape index (κ1) is 12.4. The van der Waals surface area contributed by atoms with Gasteiger partial charge in [0.1, 0.15) is 5.82 Å². The molecule has 2 nitrogen and oxygen atoms in total. The third-order valence-corrected chi connectivity index (χ3v) is 2.16. The molecule has 0 bridgehead atoms. The van der Waals surface area contributed by atoms with Crippen molar-refractivity contribution in [2.45, 2.75) is 20.4 Å². The van der Waals surface area contributed by atoms with Crippen molar-refractivity contribution in [3.05, 3.63) is 46.8 Å². The third kappa shape index (κ3) is 3.84. The standard InChI is InChI=1S/C13H15FN2/c1-10(2)5-6-16-9-12-7-13(14)4-3-11(12)8-15/h3-5,7,16H,6,9H2,1-2H3. The second kappa shape index (κ2) is 6.04. The number of hydrogen-bond acceptors (Lipinski definition) is 2. The number of benzene rings is 1. The van der Waals surface area contributed by atoms with Crippen LogP contribution in [0.3, 0.4) is 0 Å². The maximum Gasteiger partial charge on any atom is 0.123 e. The summed E-state index contributed by atoms with van der Waals surface area (Å²) in [7, 11) is 0. The van der Waals surface area contributed by atoms with Crippen molar-refractivity contribution < 1.29 is 4.39 Å². The van der Waals surface area contributed by atoms with E-state index in [9.17, 15) is 4.39 Å². The van der Waals surface area contributed by atoms with Gasteiger partial charge in [-0.3, -0.25) is 0 Å². The summed E-state index contributed by atoms with van der Waals surface area (Å²) in [5.74, 6) is -0.307. The summed E-state index contributed by atoms with van der Waals surface area (Å²) < 4.78 is 13.0. The lowest BCUT2D eigenvalue weighted by Crippen LogP contribution is -2.14. The molecule has 0 aliphatic rings. The highest BCUT2D eigenvalue weighted by Gasteiger charge is 2.02. The largest absolute Gasteiger partial charge is 0.309 e. The summed E-state index contributed by atoms with van der Waals surface area (Å²) in [6.45, 7) is 5.27. The average molecular weight is 218 g/mol. The number of nitrogens with zero attached hydrogens (tertiary/aromatic N) is 1. The minimum absolute atomic E-state index is 0.307. The highest BCUT2D eigenvalue weighted by molar-refractivity contribution is 5.37. The number of nitriles is 1. The Morgan fingerprint density at radius 1 is 1.50 bits per heavy atom. The zero-order chi connectivity index (χ0) is 12.0. The quantitative estimate of drug-likeness (QED) is 0.623. The Morgan fingerprint density at radius 3 is 2.88 bits per heavy atom. The van der Waals surface area contributed by atoms with Gasteiger partial charge in [0, 0.05) is 13.1 Å². The molecule has 0 saturated heterocycles. The number of nitrogens with one attached hydrogen (secondary N) is 1. The summed E-state index contributed by atoms with van der Waals surface area (Å²) >= 11 is 0. The van der Waals surface area contributed by atoms with Gasteiger partial charge in [0.15, 0.2) is 0 Å². The molecule has 1 aromatic rings. The van der Waals surface area contributed by atoms with Crippen LogP contribution in [0, 0.1) is 17.1 Å². The smallest absolute Gasteiger partial charge is 0.123 e. The van der Waals surface area contributed by atoms with E-state index in [-0.39, 0.29) is 5.82 Å². The molecule has 1 rings (SSSR count). The van der Waals surface area contributed by atoms with Gasteiger partial charge in [-0.1, -0.05) is 11.6 Å². The molecule has 0 atom stereocenters. The molecule has 0 aliphatic heterocycles. The molecule has 0 unspecified atom stereocenters. The summed E-state index contributed by atoms with van der Waals surface area (Å²) in [4.78, 5) is 0. The van der Waals surface area contributed by atoms with Gasteiger partial charge < -0.3 is 5.32 Å². The molecule has 16 heavy (non-hydrogen) atoms. The fraction of sp³-hybridized carbons (Fsp3) is 0.308. The first-order chi connectivity index (χ1) is 7.63. The lowest BCUT2D eigenvalue weighted by atomic mass is 10.1. The van der Waals surface area contributed by atoms with Gasteiger partial charge in [0.05, 0.1) is 11.6 Å². The molecule has 1 aromatic carbocycles. The van der Waals surface area contributed by atoms with Crippen molar-refractivity contribution in [1.29, 1.82) is 5.26 Å². The first-order valence-corrected chi connectivity index (χ1v) is 5.16. The van der Waals surface area contributed by atoms with Crippen molar-refractivity contribution in [3.8, 4) is 6.07 Å². The van der Waals surface area contributed by atoms with Crippen molar-refractivity contribution in [1.82, 2.24) is 5.32 Å². The van der Waals surface area contributed by atoms with Crippen LogP contribution < -0.4 is 5.32 Å². The van der Waals surface area contributed by atoms with Crippen LogP contribution in [0.2, 0.25) is 0 Å². The molecule has 0 aromatic heterocycles. The molecule has 0 radical (unpaired) electrons. The van der Waals surface area contributed by atoms with E-state index in [1.165, 1.54) is 23.8 Å². The van der Waals surface area contributed by atoms with Crippen LogP contribution in [0.1, 0.15) is 25.0 Å². The van der Waals surface area contributed by atoms with Crippen molar-refractivity contribution in [3.63, 3.8) is 0 Å². The summed E-state index contributed by atoms with van der Waals surface area (Å²) in [5.41, 5.74) is 2.45. The Hall–Kier alpha value is -1.66. The zero-order valence-electron chi connectivity index (χ0n) is 9.55. The van der Waals surface area contributed by atoms with Gasteiger partial charge in [0.2, 0.25) is 0 Å². The highest BCUT2D eigenvalue weighted by atomic mass is 19.1. The van der Waals surface area contributed by atoms with Crippen LogP contribution in [0.25, 0.3) is 0 Å². The summed E-state index contributed by atoms with van der Waals surface area (Å²) in [6, 6.07) is 6.26. The topological polar surface area (TPSA) is 35.8 Å². The fourth-order valence-corrected chi connectivity index (χ4v) is 1.30. The molecule has 84 valence electrons. The van der Waals surface area contributed by atoms with Crippen LogP contribution in [0.15, 0.2) is 29.8 Å². The SMILES string of the molecule is CC(C)=CCNCc1cc(F)ccc1C#N. The van der Waals surface area contributed by atoms with Crippen molar-refractivity contribution in [2.24, 2.45) is 0 Å². The Bertz CT molecular complexity index is 426. The van der Waals surface area contributed by atoms with Crippen LogP contribution in [0.4, 0.5) is 4.39 Å². The van der Waals surface area contributed by atoms with Gasteiger partial charge in [-0.15, -0.1) is 0 Å². The molecule has 0 amide bonds. The Kier molecular flexibility index (Phi) is 4.68. The number of allylic oxidation sites excluding steroid dienone is 1. The molecular weight excluding hydrogens is 203 g/mol. The van der Waals surface area contributed by atoms with Gasteiger partial charge >= 0.3 is 0 Å². The molecule has 0 aliphatic carbocycles. The van der Waals surface area contributed by atoms with Gasteiger partial charge in [-0.2, -0.15) is 5.26 Å². The Balaban J connectivity index is 2.63. The van der Waals surface area contributed by atoms with Gasteiger partial charge in [0.25, 0.3) is 0 Å². The van der Waals surface area contributed by atoms with Gasteiger partial charge in [-0.05, 0) is 37.6 Å². The zero-order valence-corrected chi connectivity index (χ0v) is 9.55. The molecular formula is C13H15FN2. The predicted molar refractivity (Wildman–Crippen MR) is 62.3 cm³/mol. The lowest BCUT2D eigenvalue weighted by molar-refractivity contribution is 0.622. The number of rotatable bonds is 4. The van der Waals surface area contributed by atoms with Crippen molar-refractivity contribution >= 4 is 0 Å². The monoisotopic (exact) mass is 218 g/mol. The van der Waals surface area contributed by atoms with Crippen LogP contribution in [-0.4, -0.2) is 6.54 Å². The van der Waals surface area contributed by atoms with E-state index >= 15 is 0 Å². The summed E-state index contributed by atoms with van der Waals surface area (Å²) in [6.07, 6.45) is 2.05. The molecule has 0 saturated carbocycles. The molecule has 0 heterocycles. The minimum atomic E-state index is -0.307. The molecule has 0 fully saturated rings. The first-order valence-electron chi connectivity index (χ1n) is 5.16. The van der Waals surface area contributed by atoms with E-state index in [0.717, 1.165) is 6.54 Å². The minimum Gasteiger partial charge on any atom is -0.309 e.